The SMILES string of the molecule is CCOP(CC)C(N([O])C(C)(C)C)C(C)(C)C. The summed E-state index contributed by atoms with van der Waals surface area (Å²) in [6.45, 7) is 17.1. The van der Waals surface area contributed by atoms with Crippen molar-refractivity contribution in [3.05, 3.63) is 0 Å². The molecular formula is C13H29NO2P. The van der Waals surface area contributed by atoms with Gasteiger partial charge in [0.1, 0.15) is 0 Å². The summed E-state index contributed by atoms with van der Waals surface area (Å²) in [5.41, 5.74) is -0.434. The zero-order valence-electron chi connectivity index (χ0n) is 12.7. The third-order valence-electron chi connectivity index (χ3n) is 2.54. The Kier molecular flexibility index (Phi) is 6.59. The Balaban J connectivity index is 5.13. The number of hydroxylamine groups is 2. The van der Waals surface area contributed by atoms with Crippen LogP contribution in [0.5, 0.6) is 0 Å². The third-order valence-corrected chi connectivity index (χ3v) is 5.28. The van der Waals surface area contributed by atoms with Crippen molar-refractivity contribution in [1.82, 2.24) is 5.06 Å². The molecule has 0 saturated heterocycles. The Labute approximate surface area is 108 Å². The summed E-state index contributed by atoms with van der Waals surface area (Å²) in [4.78, 5) is 0. The Morgan fingerprint density at radius 1 is 1.12 bits per heavy atom. The van der Waals surface area contributed by atoms with E-state index >= 15 is 0 Å². The fourth-order valence-corrected chi connectivity index (χ4v) is 4.21. The van der Waals surface area contributed by atoms with Crippen LogP contribution in [0.1, 0.15) is 55.4 Å². The number of rotatable bonds is 5. The second kappa shape index (κ2) is 6.47. The summed E-state index contributed by atoms with van der Waals surface area (Å²) in [6, 6.07) is 0. The van der Waals surface area contributed by atoms with E-state index in [9.17, 15) is 5.21 Å². The van der Waals surface area contributed by atoms with Gasteiger partial charge in [-0.25, -0.2) is 0 Å². The van der Waals surface area contributed by atoms with Crippen LogP contribution in [0, 0.1) is 5.41 Å². The van der Waals surface area contributed by atoms with E-state index in [2.05, 4.69) is 27.7 Å². The van der Waals surface area contributed by atoms with Gasteiger partial charge in [0, 0.05) is 20.3 Å². The average Bonchev–Trinajstić information content (AvgIpc) is 2.13. The Hall–Kier alpha value is 0.310. The summed E-state index contributed by atoms with van der Waals surface area (Å²) in [5.74, 6) is -0.0533. The molecule has 0 aromatic carbocycles. The molecule has 0 aliphatic carbocycles. The molecule has 3 nitrogen and oxygen atoms in total. The summed E-state index contributed by atoms with van der Waals surface area (Å²) in [6.07, 6.45) is 0.930. The number of hydrogen-bond acceptors (Lipinski definition) is 2. The highest BCUT2D eigenvalue weighted by molar-refractivity contribution is 7.53. The number of hydrogen-bond donors (Lipinski definition) is 0. The molecule has 0 saturated carbocycles. The molecule has 4 heteroatoms. The Morgan fingerprint density at radius 2 is 1.59 bits per heavy atom. The molecule has 0 N–H and O–H groups in total. The van der Waals surface area contributed by atoms with Crippen molar-refractivity contribution >= 4 is 8.15 Å². The third kappa shape index (κ3) is 5.21. The molecule has 103 valence electrons. The summed E-state index contributed by atoms with van der Waals surface area (Å²) in [5, 5.41) is 13.8. The first kappa shape index (κ1) is 17.3. The minimum absolute atomic E-state index is 0.0533. The number of nitrogens with zero attached hydrogens (tertiary/aromatic N) is 1. The zero-order valence-corrected chi connectivity index (χ0v) is 13.6. The van der Waals surface area contributed by atoms with Gasteiger partial charge >= 0.3 is 0 Å². The monoisotopic (exact) mass is 262 g/mol. The zero-order chi connectivity index (χ0) is 13.9. The fraction of sp³-hybridized carbons (Fsp3) is 1.00. The lowest BCUT2D eigenvalue weighted by Gasteiger charge is -2.44. The lowest BCUT2D eigenvalue weighted by atomic mass is 9.94. The van der Waals surface area contributed by atoms with Gasteiger partial charge in [-0.15, -0.1) is 10.3 Å². The van der Waals surface area contributed by atoms with Crippen LogP contribution in [0.15, 0.2) is 0 Å². The van der Waals surface area contributed by atoms with E-state index in [4.69, 9.17) is 4.52 Å². The van der Waals surface area contributed by atoms with Gasteiger partial charge in [0.25, 0.3) is 0 Å². The van der Waals surface area contributed by atoms with Crippen LogP contribution < -0.4 is 0 Å². The lowest BCUT2D eigenvalue weighted by Crippen LogP contribution is -2.49. The van der Waals surface area contributed by atoms with Crippen molar-refractivity contribution in [2.24, 2.45) is 5.41 Å². The second-order valence-electron chi connectivity index (χ2n) is 6.39. The highest BCUT2D eigenvalue weighted by Gasteiger charge is 2.42. The standard InChI is InChI=1S/C13H29NO2P/c1-9-16-17(10-2)11(12(3,4)5)14(15)13(6,7)8/h11H,9-10H2,1-8H3. The van der Waals surface area contributed by atoms with Crippen LogP contribution in [0.25, 0.3) is 0 Å². The van der Waals surface area contributed by atoms with E-state index in [-0.39, 0.29) is 16.7 Å². The first-order valence-corrected chi connectivity index (χ1v) is 7.93. The molecule has 0 amide bonds. The van der Waals surface area contributed by atoms with Gasteiger partial charge in [0.05, 0.1) is 5.78 Å². The van der Waals surface area contributed by atoms with Crippen molar-refractivity contribution in [2.45, 2.75) is 66.7 Å². The minimum atomic E-state index is -0.700. The fourth-order valence-electron chi connectivity index (χ4n) is 1.77. The maximum absolute atomic E-state index is 12.5. The molecule has 0 fully saturated rings. The van der Waals surface area contributed by atoms with Gasteiger partial charge < -0.3 is 4.52 Å². The molecule has 2 atom stereocenters. The summed E-state index contributed by atoms with van der Waals surface area (Å²) in [7, 11) is -0.700. The maximum Gasteiger partial charge on any atom is 0.0878 e. The quantitative estimate of drug-likeness (QED) is 0.548. The molecule has 17 heavy (non-hydrogen) atoms. The normalized spacial score (nSPS) is 17.3. The van der Waals surface area contributed by atoms with Gasteiger partial charge in [-0.1, -0.05) is 27.7 Å². The maximum atomic E-state index is 12.5. The molecule has 2 unspecified atom stereocenters. The van der Waals surface area contributed by atoms with Crippen molar-refractivity contribution in [3.8, 4) is 0 Å². The average molecular weight is 262 g/mol. The molecule has 0 aliphatic heterocycles. The summed E-state index contributed by atoms with van der Waals surface area (Å²) < 4.78 is 5.82. The first-order chi connectivity index (χ1) is 7.55. The summed E-state index contributed by atoms with van der Waals surface area (Å²) >= 11 is 0. The van der Waals surface area contributed by atoms with Crippen molar-refractivity contribution < 1.29 is 9.73 Å². The molecule has 0 aliphatic rings. The van der Waals surface area contributed by atoms with Gasteiger partial charge in [-0.3, -0.25) is 0 Å². The topological polar surface area (TPSA) is 32.4 Å². The van der Waals surface area contributed by atoms with Crippen LogP contribution in [-0.4, -0.2) is 29.2 Å². The molecule has 0 spiro atoms. The molecule has 0 aromatic rings. The smallest absolute Gasteiger partial charge is 0.0878 e. The predicted molar refractivity (Wildman–Crippen MR) is 74.6 cm³/mol. The highest BCUT2D eigenvalue weighted by atomic mass is 31.1. The van der Waals surface area contributed by atoms with E-state index in [0.29, 0.717) is 6.61 Å². The van der Waals surface area contributed by atoms with E-state index in [0.717, 1.165) is 6.16 Å². The van der Waals surface area contributed by atoms with Gasteiger partial charge in [0.2, 0.25) is 0 Å². The van der Waals surface area contributed by atoms with Crippen LogP contribution in [-0.2, 0) is 9.73 Å². The molecule has 1 radical (unpaired) electrons. The van der Waals surface area contributed by atoms with Crippen LogP contribution in [0.3, 0.4) is 0 Å². The van der Waals surface area contributed by atoms with Crippen molar-refractivity contribution in [3.63, 3.8) is 0 Å². The lowest BCUT2D eigenvalue weighted by molar-refractivity contribution is -0.237. The predicted octanol–water partition coefficient (Wildman–Crippen LogP) is 4.26. The molecule has 0 bridgehead atoms. The van der Waals surface area contributed by atoms with Gasteiger partial charge in [0.15, 0.2) is 0 Å². The van der Waals surface area contributed by atoms with Crippen LogP contribution in [0.4, 0.5) is 0 Å². The Bertz CT molecular complexity index is 220. The van der Waals surface area contributed by atoms with Crippen molar-refractivity contribution in [1.29, 1.82) is 0 Å². The molecule has 0 heterocycles. The highest BCUT2D eigenvalue weighted by Crippen LogP contribution is 2.52. The molecule has 0 aromatic heterocycles. The molecule has 0 rings (SSSR count). The van der Waals surface area contributed by atoms with Crippen LogP contribution >= 0.6 is 8.15 Å². The van der Waals surface area contributed by atoms with Crippen LogP contribution in [0.2, 0.25) is 0 Å². The molecular weight excluding hydrogens is 233 g/mol. The first-order valence-electron chi connectivity index (χ1n) is 6.41. The largest absolute Gasteiger partial charge is 0.358 e. The minimum Gasteiger partial charge on any atom is -0.358 e. The van der Waals surface area contributed by atoms with E-state index in [1.54, 1.807) is 0 Å². The van der Waals surface area contributed by atoms with Crippen molar-refractivity contribution in [2.75, 3.05) is 12.8 Å². The van der Waals surface area contributed by atoms with Gasteiger partial charge in [-0.05, 0) is 39.3 Å². The van der Waals surface area contributed by atoms with E-state index < -0.39 is 8.15 Å². The second-order valence-corrected chi connectivity index (χ2v) is 8.60. The van der Waals surface area contributed by atoms with Gasteiger partial charge in [-0.2, -0.15) is 0 Å². The van der Waals surface area contributed by atoms with E-state index in [1.165, 1.54) is 5.06 Å². The van der Waals surface area contributed by atoms with E-state index in [1.807, 2.05) is 27.7 Å². The Morgan fingerprint density at radius 3 is 1.82 bits per heavy atom.